The molecule has 23 heavy (non-hydrogen) atoms. The molecule has 0 radical (unpaired) electrons. The van der Waals surface area contributed by atoms with Crippen molar-refractivity contribution in [3.05, 3.63) is 0 Å². The minimum atomic E-state index is -10.7. The van der Waals surface area contributed by atoms with Gasteiger partial charge in [0.1, 0.15) is 0 Å². The fraction of sp³-hybridized carbons (Fsp3) is 0. The van der Waals surface area contributed by atoms with E-state index in [2.05, 4.69) is 0 Å². The second kappa shape index (κ2) is 5.65. The van der Waals surface area contributed by atoms with Crippen molar-refractivity contribution in [3.8, 4) is 0 Å². The summed E-state index contributed by atoms with van der Waals surface area (Å²) in [6.07, 6.45) is 0. The third kappa shape index (κ3) is 3500. The zero-order chi connectivity index (χ0) is 19.2. The molecule has 0 saturated carbocycles. The van der Waals surface area contributed by atoms with Crippen LogP contribution in [0, 0.1) is 0 Å². The molecule has 0 N–H and O–H groups in total. The van der Waals surface area contributed by atoms with Crippen LogP contribution >= 0.6 is 23.4 Å². The van der Waals surface area contributed by atoms with Crippen LogP contribution in [-0.4, -0.2) is 23.1 Å². The van der Waals surface area contributed by atoms with Crippen LogP contribution in [0.1, 0.15) is 0 Å². The van der Waals surface area contributed by atoms with Crippen LogP contribution < -0.4 is 29.6 Å². The van der Waals surface area contributed by atoms with Gasteiger partial charge in [-0.25, -0.2) is 0 Å². The number of rotatable bonds is 0. The molecule has 0 nitrogen and oxygen atoms in total. The Morgan fingerprint density at radius 1 is 0.261 bits per heavy atom. The van der Waals surface area contributed by atoms with Gasteiger partial charge in [-0.05, 0) is 0 Å². The van der Waals surface area contributed by atoms with E-state index in [1.807, 2.05) is 0 Å². The predicted octanol–water partition coefficient (Wildman–Crippen LogP) is 6.77. The van der Waals surface area contributed by atoms with Crippen molar-refractivity contribution in [2.45, 2.75) is 0 Å². The molecule has 0 aromatic rings. The van der Waals surface area contributed by atoms with Crippen molar-refractivity contribution >= 4 is 46.5 Å². The van der Waals surface area contributed by atoms with E-state index in [4.69, 9.17) is 0 Å². The second-order valence-corrected chi connectivity index (χ2v) is 8.62. The Hall–Kier alpha value is 1.80. The molecule has 0 aliphatic rings. The van der Waals surface area contributed by atoms with Gasteiger partial charge in [-0.2, -0.15) is 0 Å². The Balaban J connectivity index is -0.0000000675. The summed E-state index contributed by atoms with van der Waals surface area (Å²) in [5.41, 5.74) is 0. The molecular weight excluding hydrogens is 482 g/mol. The standard InChI is InChI=1S/3F6P.Mg.Na/c3*1-7(2,3,4,5)6;;/q3*-1;+2;+1. The summed E-state index contributed by atoms with van der Waals surface area (Å²) in [7, 11) is -32.0. The molecule has 0 aromatic heterocycles. The topological polar surface area (TPSA) is 0 Å². The van der Waals surface area contributed by atoms with Gasteiger partial charge in [0, 0.05) is 0 Å². The van der Waals surface area contributed by atoms with Gasteiger partial charge < -0.3 is 0 Å². The predicted molar refractivity (Wildman–Crippen MR) is 46.5 cm³/mol. The zero-order valence-electron chi connectivity index (χ0n) is 9.85. The molecule has 0 atom stereocenters. The molecule has 0 spiro atoms. The molecule has 0 rings (SSSR count). The van der Waals surface area contributed by atoms with Crippen molar-refractivity contribution in [2.75, 3.05) is 0 Å². The van der Waals surface area contributed by atoms with Crippen LogP contribution in [0.25, 0.3) is 0 Å². The third-order valence-electron chi connectivity index (χ3n) is 0. The first kappa shape index (κ1) is 35.8. The third-order valence-corrected chi connectivity index (χ3v) is 0. The largest absolute Gasteiger partial charge is 2.00 e. The molecule has 0 amide bonds. The molecule has 144 valence electrons. The minimum Gasteiger partial charge on any atom is 1.00 e. The van der Waals surface area contributed by atoms with Crippen LogP contribution in [-0.2, 0) is 0 Å². The Kier molecular flexibility index (Phi) is 8.80. The summed E-state index contributed by atoms with van der Waals surface area (Å²) < 4.78 is 178. The normalized spacial score (nSPS) is 21.1. The first-order valence-corrected chi connectivity index (χ1v) is 9.13. The van der Waals surface area contributed by atoms with E-state index < -0.39 is 23.4 Å². The van der Waals surface area contributed by atoms with E-state index in [1.165, 1.54) is 0 Å². The van der Waals surface area contributed by atoms with Gasteiger partial charge in [0.2, 0.25) is 0 Å². The van der Waals surface area contributed by atoms with Crippen LogP contribution in [0.3, 0.4) is 0 Å². The van der Waals surface area contributed by atoms with Crippen LogP contribution in [0.5, 0.6) is 0 Å². The summed E-state index contributed by atoms with van der Waals surface area (Å²) in [5.74, 6) is 0. The average molecular weight is 482 g/mol. The van der Waals surface area contributed by atoms with Crippen LogP contribution in [0.15, 0.2) is 0 Å². The van der Waals surface area contributed by atoms with Gasteiger partial charge in [-0.1, -0.05) is 0 Å². The fourth-order valence-electron chi connectivity index (χ4n) is 0. The Morgan fingerprint density at radius 2 is 0.261 bits per heavy atom. The van der Waals surface area contributed by atoms with Gasteiger partial charge in [0.25, 0.3) is 0 Å². The van der Waals surface area contributed by atoms with Crippen molar-refractivity contribution < 1.29 is 105 Å². The Bertz CT molecular complexity index is 271. The molecule has 0 aliphatic carbocycles. The van der Waals surface area contributed by atoms with Gasteiger partial charge in [-0.15, -0.1) is 0 Å². The summed E-state index contributed by atoms with van der Waals surface area (Å²) >= 11 is 0. The maximum absolute atomic E-state index is 10.7. The maximum Gasteiger partial charge on any atom is 2.00 e. The van der Waals surface area contributed by atoms with Crippen LogP contribution in [0.2, 0.25) is 0 Å². The summed E-state index contributed by atoms with van der Waals surface area (Å²) in [6, 6.07) is 0. The summed E-state index contributed by atoms with van der Waals surface area (Å²) in [4.78, 5) is 0. The number of hydrogen-bond acceptors (Lipinski definition) is 0. The van der Waals surface area contributed by atoms with Crippen LogP contribution in [0.4, 0.5) is 75.5 Å². The molecule has 0 fully saturated rings. The average Bonchev–Trinajstić information content (AvgIpc) is 1.19. The van der Waals surface area contributed by atoms with E-state index >= 15 is 0 Å². The van der Waals surface area contributed by atoms with Crippen molar-refractivity contribution in [1.29, 1.82) is 0 Å². The van der Waals surface area contributed by atoms with Gasteiger partial charge in [0.15, 0.2) is 0 Å². The van der Waals surface area contributed by atoms with Crippen molar-refractivity contribution in [2.24, 2.45) is 0 Å². The maximum atomic E-state index is 9.87. The zero-order valence-corrected chi connectivity index (χ0v) is 15.9. The Morgan fingerprint density at radius 3 is 0.261 bits per heavy atom. The van der Waals surface area contributed by atoms with E-state index in [0.717, 1.165) is 0 Å². The van der Waals surface area contributed by atoms with E-state index in [-0.39, 0.29) is 52.6 Å². The van der Waals surface area contributed by atoms with Gasteiger partial charge in [0.05, 0.1) is 0 Å². The van der Waals surface area contributed by atoms with Crippen molar-refractivity contribution in [3.63, 3.8) is 0 Å². The van der Waals surface area contributed by atoms with E-state index in [1.54, 1.807) is 0 Å². The first-order chi connectivity index (χ1) is 7.35. The second-order valence-electron chi connectivity index (χ2n) is 2.87. The molecule has 0 unspecified atom stereocenters. The molecule has 0 heterocycles. The first-order valence-electron chi connectivity index (χ1n) is 3.04. The quantitative estimate of drug-likeness (QED) is 0.203. The Labute approximate surface area is 151 Å². The summed E-state index contributed by atoms with van der Waals surface area (Å²) in [6.45, 7) is 0. The molecule has 23 heteroatoms. The number of halogens is 18. The molecule has 0 bridgehead atoms. The molecule has 0 aromatic carbocycles. The fourth-order valence-corrected chi connectivity index (χ4v) is 0. The van der Waals surface area contributed by atoms with E-state index in [0.29, 0.717) is 0 Å². The molecule has 0 saturated heterocycles. The molecular formula is F18MgNaP3. The van der Waals surface area contributed by atoms with E-state index in [9.17, 15) is 75.5 Å². The van der Waals surface area contributed by atoms with Crippen molar-refractivity contribution in [1.82, 2.24) is 0 Å². The SMILES string of the molecule is F[P-](F)(F)(F)(F)F.F[P-](F)(F)(F)(F)F.F[P-](F)(F)(F)(F)F.[Mg+2].[Na+]. The summed E-state index contributed by atoms with van der Waals surface area (Å²) in [5, 5.41) is 0. The monoisotopic (exact) mass is 482 g/mol. The van der Waals surface area contributed by atoms with Gasteiger partial charge >= 0.3 is 152 Å². The smallest absolute Gasteiger partial charge is 1.00 e. The minimum absolute atomic E-state index is 0. The van der Waals surface area contributed by atoms with Gasteiger partial charge in [-0.3, -0.25) is 0 Å². The molecule has 0 aliphatic heterocycles. The number of hydrogen-bond donors (Lipinski definition) is 0.